The third-order valence-corrected chi connectivity index (χ3v) is 2.54. The number of hydrogen-bond acceptors (Lipinski definition) is 1. The minimum Gasteiger partial charge on any atom is -0.313 e. The molecule has 17 heavy (non-hydrogen) atoms. The molecule has 1 rings (SSSR count). The lowest BCUT2D eigenvalue weighted by atomic mass is 10.00. The van der Waals surface area contributed by atoms with E-state index in [4.69, 9.17) is 6.42 Å². The predicted octanol–water partition coefficient (Wildman–Crippen LogP) is 3.38. The Kier molecular flexibility index (Phi) is 4.59. The van der Waals surface area contributed by atoms with Gasteiger partial charge in [0.2, 0.25) is 0 Å². The highest BCUT2D eigenvalue weighted by Crippen LogP contribution is 2.31. The molecule has 1 atom stereocenters. The van der Waals surface area contributed by atoms with Crippen LogP contribution in [0.15, 0.2) is 24.3 Å². The average Bonchev–Trinajstić information content (AvgIpc) is 2.29. The molecular weight excluding hydrogens is 227 g/mol. The van der Waals surface area contributed by atoms with Crippen LogP contribution >= 0.6 is 0 Å². The molecule has 1 nitrogen and oxygen atoms in total. The summed E-state index contributed by atoms with van der Waals surface area (Å²) in [5.41, 5.74) is -0.0199. The fraction of sp³-hybridized carbons (Fsp3) is 0.385. The van der Waals surface area contributed by atoms with Crippen LogP contribution in [-0.2, 0) is 6.18 Å². The van der Waals surface area contributed by atoms with Crippen LogP contribution in [0.4, 0.5) is 13.2 Å². The lowest BCUT2D eigenvalue weighted by molar-refractivity contribution is -0.137. The van der Waals surface area contributed by atoms with Gasteiger partial charge in [0.05, 0.1) is 5.56 Å². The molecule has 0 radical (unpaired) electrons. The first-order chi connectivity index (χ1) is 7.99. The third kappa shape index (κ3) is 3.79. The first-order valence-corrected chi connectivity index (χ1v) is 5.27. The van der Waals surface area contributed by atoms with Gasteiger partial charge in [0.15, 0.2) is 0 Å². The Morgan fingerprint density at radius 2 is 2.12 bits per heavy atom. The molecule has 0 saturated heterocycles. The number of benzene rings is 1. The Morgan fingerprint density at radius 3 is 2.65 bits per heavy atom. The molecule has 0 aliphatic heterocycles. The Morgan fingerprint density at radius 1 is 1.41 bits per heavy atom. The molecule has 1 aromatic rings. The van der Waals surface area contributed by atoms with Gasteiger partial charge in [-0.05, 0) is 31.2 Å². The summed E-state index contributed by atoms with van der Waals surface area (Å²) in [7, 11) is 1.71. The lowest BCUT2D eigenvalue weighted by Crippen LogP contribution is -2.17. The summed E-state index contributed by atoms with van der Waals surface area (Å²) >= 11 is 0. The number of terminal acetylenes is 1. The molecule has 0 fully saturated rings. The van der Waals surface area contributed by atoms with Gasteiger partial charge in [-0.25, -0.2) is 0 Å². The van der Waals surface area contributed by atoms with Crippen molar-refractivity contribution in [3.05, 3.63) is 35.4 Å². The Bertz CT molecular complexity index is 404. The van der Waals surface area contributed by atoms with Crippen LogP contribution < -0.4 is 5.32 Å². The van der Waals surface area contributed by atoms with Gasteiger partial charge in [0, 0.05) is 12.5 Å². The monoisotopic (exact) mass is 241 g/mol. The van der Waals surface area contributed by atoms with Crippen LogP contribution in [0.2, 0.25) is 0 Å². The average molecular weight is 241 g/mol. The summed E-state index contributed by atoms with van der Waals surface area (Å²) in [6, 6.07) is 5.17. The number of rotatable bonds is 4. The van der Waals surface area contributed by atoms with Crippen molar-refractivity contribution >= 4 is 0 Å². The maximum Gasteiger partial charge on any atom is 0.416 e. The van der Waals surface area contributed by atoms with Crippen molar-refractivity contribution in [2.45, 2.75) is 25.1 Å². The van der Waals surface area contributed by atoms with Crippen LogP contribution in [0, 0.1) is 12.3 Å². The first-order valence-electron chi connectivity index (χ1n) is 5.27. The molecule has 4 heteroatoms. The summed E-state index contributed by atoms with van der Waals surface area (Å²) in [6.45, 7) is 0. The van der Waals surface area contributed by atoms with E-state index in [0.29, 0.717) is 18.4 Å². The topological polar surface area (TPSA) is 12.0 Å². The Labute approximate surface area is 99.0 Å². The van der Waals surface area contributed by atoms with E-state index in [1.807, 2.05) is 0 Å². The number of nitrogens with one attached hydrogen (secondary N) is 1. The molecule has 0 saturated carbocycles. The zero-order chi connectivity index (χ0) is 12.9. The molecule has 0 amide bonds. The van der Waals surface area contributed by atoms with Gasteiger partial charge < -0.3 is 5.32 Å². The maximum atomic E-state index is 12.5. The predicted molar refractivity (Wildman–Crippen MR) is 61.3 cm³/mol. The summed E-state index contributed by atoms with van der Waals surface area (Å²) in [5, 5.41) is 2.97. The number of hydrogen-bond donors (Lipinski definition) is 1. The molecule has 1 N–H and O–H groups in total. The molecular formula is C13H14F3N. The highest BCUT2D eigenvalue weighted by Gasteiger charge is 2.30. The van der Waals surface area contributed by atoms with E-state index in [1.54, 1.807) is 13.1 Å². The van der Waals surface area contributed by atoms with Gasteiger partial charge in [-0.3, -0.25) is 0 Å². The van der Waals surface area contributed by atoms with Crippen LogP contribution in [-0.4, -0.2) is 7.05 Å². The van der Waals surface area contributed by atoms with Gasteiger partial charge in [0.25, 0.3) is 0 Å². The van der Waals surface area contributed by atoms with Gasteiger partial charge >= 0.3 is 6.18 Å². The minimum atomic E-state index is -4.31. The summed E-state index contributed by atoms with van der Waals surface area (Å²) in [5.74, 6) is 2.48. The first kappa shape index (κ1) is 13.6. The molecule has 0 bridgehead atoms. The fourth-order valence-corrected chi connectivity index (χ4v) is 1.64. The molecule has 1 aromatic carbocycles. The number of halogens is 3. The van der Waals surface area contributed by atoms with Crippen LogP contribution in [0.3, 0.4) is 0 Å². The smallest absolute Gasteiger partial charge is 0.313 e. The van der Waals surface area contributed by atoms with Crippen molar-refractivity contribution in [1.29, 1.82) is 0 Å². The van der Waals surface area contributed by atoms with Crippen LogP contribution in [0.1, 0.15) is 30.0 Å². The molecule has 92 valence electrons. The van der Waals surface area contributed by atoms with E-state index < -0.39 is 11.7 Å². The van der Waals surface area contributed by atoms with Crippen LogP contribution in [0.5, 0.6) is 0 Å². The van der Waals surface area contributed by atoms with Crippen molar-refractivity contribution in [1.82, 2.24) is 5.32 Å². The van der Waals surface area contributed by atoms with Crippen molar-refractivity contribution in [3.8, 4) is 12.3 Å². The van der Waals surface area contributed by atoms with E-state index in [1.165, 1.54) is 6.07 Å². The Balaban J connectivity index is 2.93. The van der Waals surface area contributed by atoms with E-state index in [0.717, 1.165) is 12.1 Å². The maximum absolute atomic E-state index is 12.5. The van der Waals surface area contributed by atoms with E-state index in [-0.39, 0.29) is 6.04 Å². The zero-order valence-electron chi connectivity index (χ0n) is 9.51. The van der Waals surface area contributed by atoms with Crippen molar-refractivity contribution < 1.29 is 13.2 Å². The molecule has 0 aromatic heterocycles. The standard InChI is InChI=1S/C13H14F3N/c1-3-4-8-12(17-2)10-6-5-7-11(9-10)13(14,15)16/h1,5-7,9,12,17H,4,8H2,2H3. The molecule has 0 heterocycles. The molecule has 1 unspecified atom stereocenters. The Hall–Kier alpha value is -1.47. The second-order valence-electron chi connectivity index (χ2n) is 3.71. The zero-order valence-corrected chi connectivity index (χ0v) is 9.51. The summed E-state index contributed by atoms with van der Waals surface area (Å²) in [4.78, 5) is 0. The lowest BCUT2D eigenvalue weighted by Gasteiger charge is -2.17. The highest BCUT2D eigenvalue weighted by atomic mass is 19.4. The van der Waals surface area contributed by atoms with Crippen LogP contribution in [0.25, 0.3) is 0 Å². The van der Waals surface area contributed by atoms with Crippen molar-refractivity contribution in [2.24, 2.45) is 0 Å². The normalized spacial score (nSPS) is 13.1. The van der Waals surface area contributed by atoms with Gasteiger partial charge in [-0.15, -0.1) is 12.3 Å². The number of alkyl halides is 3. The molecule has 0 spiro atoms. The second-order valence-corrected chi connectivity index (χ2v) is 3.71. The van der Waals surface area contributed by atoms with E-state index in [2.05, 4.69) is 11.2 Å². The SMILES string of the molecule is C#CCCC(NC)c1cccc(C(F)(F)F)c1. The summed E-state index contributed by atoms with van der Waals surface area (Å²) in [6.07, 6.45) is 1.99. The quantitative estimate of drug-likeness (QED) is 0.797. The van der Waals surface area contributed by atoms with Crippen molar-refractivity contribution in [2.75, 3.05) is 7.05 Å². The van der Waals surface area contributed by atoms with Gasteiger partial charge in [-0.1, -0.05) is 12.1 Å². The van der Waals surface area contributed by atoms with E-state index >= 15 is 0 Å². The summed E-state index contributed by atoms with van der Waals surface area (Å²) < 4.78 is 37.6. The molecule has 0 aliphatic carbocycles. The highest BCUT2D eigenvalue weighted by molar-refractivity contribution is 5.28. The molecule has 0 aliphatic rings. The fourth-order valence-electron chi connectivity index (χ4n) is 1.64. The van der Waals surface area contributed by atoms with E-state index in [9.17, 15) is 13.2 Å². The second kappa shape index (κ2) is 5.74. The van der Waals surface area contributed by atoms with Gasteiger partial charge in [0.1, 0.15) is 0 Å². The largest absolute Gasteiger partial charge is 0.416 e. The third-order valence-electron chi connectivity index (χ3n) is 2.54. The van der Waals surface area contributed by atoms with Gasteiger partial charge in [-0.2, -0.15) is 13.2 Å². The minimum absolute atomic E-state index is 0.145. The van der Waals surface area contributed by atoms with Crippen molar-refractivity contribution in [3.63, 3.8) is 0 Å².